The van der Waals surface area contributed by atoms with Gasteiger partial charge in [-0.15, -0.1) is 0 Å². The smallest absolute Gasteiger partial charge is 0.420 e. The van der Waals surface area contributed by atoms with Gasteiger partial charge in [-0.2, -0.15) is 0 Å². The number of amides is 1. The molecule has 0 unspecified atom stereocenters. The number of carbonyl (C=O) groups excluding carboxylic acids is 1. The van der Waals surface area contributed by atoms with Crippen LogP contribution in [-0.2, 0) is 4.74 Å². The minimum atomic E-state index is -0.728. The van der Waals surface area contributed by atoms with Crippen LogP contribution in [0.2, 0.25) is 0 Å². The van der Waals surface area contributed by atoms with Crippen LogP contribution < -0.4 is 10.6 Å². The number of nitrogens with two attached hydrogens (primary N) is 1. The van der Waals surface area contributed by atoms with Crippen LogP contribution in [0.5, 0.6) is 5.75 Å². The molecule has 2 aromatic carbocycles. The van der Waals surface area contributed by atoms with Crippen LogP contribution in [0, 0.1) is 5.41 Å². The van der Waals surface area contributed by atoms with E-state index < -0.39 is 11.7 Å². The van der Waals surface area contributed by atoms with Gasteiger partial charge in [-0.05, 0) is 57.2 Å². The van der Waals surface area contributed by atoms with Gasteiger partial charge in [0.05, 0.1) is 5.69 Å². The SMILES string of the molecule is CC(C)(C)OC(=O)N(c1ccc(N)c(C=N)c1)c1ccnc(-c2cccc(O)c2)n1. The summed E-state index contributed by atoms with van der Waals surface area (Å²) in [5, 5.41) is 17.3. The second kappa shape index (κ2) is 8.20. The van der Waals surface area contributed by atoms with E-state index in [0.717, 1.165) is 6.21 Å². The Kier molecular flexibility index (Phi) is 5.68. The molecule has 30 heavy (non-hydrogen) atoms. The first-order valence-electron chi connectivity index (χ1n) is 9.23. The van der Waals surface area contributed by atoms with E-state index in [4.69, 9.17) is 15.9 Å². The lowest BCUT2D eigenvalue weighted by atomic mass is 10.1. The number of anilines is 3. The van der Waals surface area contributed by atoms with Gasteiger partial charge in [0.25, 0.3) is 0 Å². The van der Waals surface area contributed by atoms with Crippen molar-refractivity contribution >= 4 is 29.5 Å². The Bertz CT molecular complexity index is 1090. The number of nitrogens with zero attached hydrogens (tertiary/aromatic N) is 3. The van der Waals surface area contributed by atoms with Crippen LogP contribution in [0.1, 0.15) is 26.3 Å². The van der Waals surface area contributed by atoms with Crippen molar-refractivity contribution in [2.24, 2.45) is 0 Å². The number of nitrogen functional groups attached to an aromatic ring is 1. The third-order valence-corrected chi connectivity index (χ3v) is 4.03. The summed E-state index contributed by atoms with van der Waals surface area (Å²) in [7, 11) is 0. The zero-order chi connectivity index (χ0) is 21.9. The standard InChI is InChI=1S/C22H23N5O3/c1-22(2,3)30-21(29)27(16-7-8-18(24)15(11-16)13-23)19-9-10-25-20(26-19)14-5-4-6-17(28)12-14/h4-13,23,28H,24H2,1-3H3. The van der Waals surface area contributed by atoms with E-state index in [1.165, 1.54) is 17.2 Å². The highest BCUT2D eigenvalue weighted by Crippen LogP contribution is 2.30. The third-order valence-electron chi connectivity index (χ3n) is 4.03. The van der Waals surface area contributed by atoms with Crippen LogP contribution >= 0.6 is 0 Å². The zero-order valence-corrected chi connectivity index (χ0v) is 17.0. The Morgan fingerprint density at radius 1 is 1.20 bits per heavy atom. The van der Waals surface area contributed by atoms with Crippen molar-refractivity contribution in [1.29, 1.82) is 5.41 Å². The number of phenols is 1. The number of aromatic hydroxyl groups is 1. The topological polar surface area (TPSA) is 125 Å². The van der Waals surface area contributed by atoms with Crippen molar-refractivity contribution < 1.29 is 14.6 Å². The molecule has 0 spiro atoms. The minimum absolute atomic E-state index is 0.0830. The van der Waals surface area contributed by atoms with Gasteiger partial charge < -0.3 is 21.0 Å². The fourth-order valence-electron chi connectivity index (χ4n) is 2.72. The van der Waals surface area contributed by atoms with E-state index in [0.29, 0.717) is 28.3 Å². The molecule has 1 amide bonds. The Morgan fingerprint density at radius 3 is 2.63 bits per heavy atom. The second-order valence-corrected chi connectivity index (χ2v) is 7.56. The number of hydrogen-bond donors (Lipinski definition) is 3. The van der Waals surface area contributed by atoms with Gasteiger partial charge in [0.1, 0.15) is 17.2 Å². The molecule has 1 aromatic heterocycles. The third kappa shape index (κ3) is 4.72. The van der Waals surface area contributed by atoms with Crippen LogP contribution in [-0.4, -0.2) is 33.0 Å². The first-order chi connectivity index (χ1) is 14.2. The zero-order valence-electron chi connectivity index (χ0n) is 17.0. The molecule has 0 bridgehead atoms. The molecule has 3 aromatic rings. The maximum Gasteiger partial charge on any atom is 0.420 e. The van der Waals surface area contributed by atoms with Gasteiger partial charge in [-0.1, -0.05) is 12.1 Å². The highest BCUT2D eigenvalue weighted by molar-refractivity contribution is 5.97. The monoisotopic (exact) mass is 405 g/mol. The van der Waals surface area contributed by atoms with Crippen LogP contribution in [0.4, 0.5) is 22.0 Å². The summed E-state index contributed by atoms with van der Waals surface area (Å²) in [4.78, 5) is 23.1. The summed E-state index contributed by atoms with van der Waals surface area (Å²) in [5.41, 5.74) is 7.09. The van der Waals surface area contributed by atoms with Crippen molar-refractivity contribution in [1.82, 2.24) is 9.97 Å². The van der Waals surface area contributed by atoms with E-state index in [-0.39, 0.29) is 11.6 Å². The Morgan fingerprint density at radius 2 is 1.97 bits per heavy atom. The fourth-order valence-corrected chi connectivity index (χ4v) is 2.72. The van der Waals surface area contributed by atoms with Crippen LogP contribution in [0.15, 0.2) is 54.7 Å². The minimum Gasteiger partial charge on any atom is -0.508 e. The molecule has 0 atom stereocenters. The van der Waals surface area contributed by atoms with Crippen molar-refractivity contribution in [3.63, 3.8) is 0 Å². The Balaban J connectivity index is 2.12. The van der Waals surface area contributed by atoms with Crippen LogP contribution in [0.3, 0.4) is 0 Å². The first-order valence-corrected chi connectivity index (χ1v) is 9.23. The van der Waals surface area contributed by atoms with Gasteiger partial charge in [-0.3, -0.25) is 0 Å². The predicted octanol–water partition coefficient (Wildman–Crippen LogP) is 4.50. The van der Waals surface area contributed by atoms with Gasteiger partial charge in [0.15, 0.2) is 5.82 Å². The molecule has 8 nitrogen and oxygen atoms in total. The Hall–Kier alpha value is -3.94. The molecule has 0 aliphatic carbocycles. The van der Waals surface area contributed by atoms with E-state index in [1.807, 2.05) is 0 Å². The van der Waals surface area contributed by atoms with Crippen LogP contribution in [0.25, 0.3) is 11.4 Å². The summed E-state index contributed by atoms with van der Waals surface area (Å²) in [6.07, 6.45) is 2.00. The molecule has 0 fully saturated rings. The number of carbonyl (C=O) groups is 1. The van der Waals surface area contributed by atoms with E-state index >= 15 is 0 Å². The molecule has 0 radical (unpaired) electrons. The van der Waals surface area contributed by atoms with Gasteiger partial charge in [0, 0.05) is 29.2 Å². The number of nitrogens with one attached hydrogen (secondary N) is 1. The lowest BCUT2D eigenvalue weighted by molar-refractivity contribution is 0.0598. The van der Waals surface area contributed by atoms with Gasteiger partial charge in [-0.25, -0.2) is 19.7 Å². The molecule has 1 heterocycles. The molecular formula is C22H23N5O3. The summed E-state index contributed by atoms with van der Waals surface area (Å²) in [6, 6.07) is 13.0. The molecule has 0 saturated heterocycles. The highest BCUT2D eigenvalue weighted by Gasteiger charge is 2.26. The van der Waals surface area contributed by atoms with Gasteiger partial charge >= 0.3 is 6.09 Å². The van der Waals surface area contributed by atoms with E-state index in [9.17, 15) is 9.90 Å². The second-order valence-electron chi connectivity index (χ2n) is 7.56. The fraction of sp³-hybridized carbons (Fsp3) is 0.182. The lowest BCUT2D eigenvalue weighted by Crippen LogP contribution is -2.34. The number of phenolic OH excluding ortho intramolecular Hbond substituents is 1. The number of aromatic nitrogens is 2. The number of rotatable bonds is 4. The maximum absolute atomic E-state index is 13.1. The number of benzene rings is 2. The van der Waals surface area contributed by atoms with E-state index in [2.05, 4.69) is 9.97 Å². The van der Waals surface area contributed by atoms with Gasteiger partial charge in [0.2, 0.25) is 0 Å². The summed E-state index contributed by atoms with van der Waals surface area (Å²) >= 11 is 0. The van der Waals surface area contributed by atoms with Crippen molar-refractivity contribution in [3.8, 4) is 17.1 Å². The predicted molar refractivity (Wildman–Crippen MR) is 116 cm³/mol. The largest absolute Gasteiger partial charge is 0.508 e. The first kappa shape index (κ1) is 20.8. The molecule has 154 valence electrons. The highest BCUT2D eigenvalue weighted by atomic mass is 16.6. The quantitative estimate of drug-likeness (QED) is 0.433. The summed E-state index contributed by atoms with van der Waals surface area (Å²) in [5.74, 6) is 0.692. The Labute approximate surface area is 174 Å². The normalized spacial score (nSPS) is 11.0. The average molecular weight is 405 g/mol. The molecule has 3 rings (SSSR count). The van der Waals surface area contributed by atoms with E-state index in [1.54, 1.807) is 63.2 Å². The average Bonchev–Trinajstić information content (AvgIpc) is 2.68. The molecule has 0 aliphatic rings. The number of ether oxygens (including phenoxy) is 1. The number of hydrogen-bond acceptors (Lipinski definition) is 7. The molecule has 0 saturated carbocycles. The molecule has 4 N–H and O–H groups in total. The maximum atomic E-state index is 13.1. The van der Waals surface area contributed by atoms with Crippen molar-refractivity contribution in [2.45, 2.75) is 26.4 Å². The summed E-state index contributed by atoms with van der Waals surface area (Å²) < 4.78 is 5.58. The summed E-state index contributed by atoms with van der Waals surface area (Å²) in [6.45, 7) is 5.31. The van der Waals surface area contributed by atoms with Crippen molar-refractivity contribution in [3.05, 3.63) is 60.3 Å². The molecule has 0 aliphatic heterocycles. The molecule has 8 heteroatoms. The molecular weight excluding hydrogens is 382 g/mol. The lowest BCUT2D eigenvalue weighted by Gasteiger charge is -2.27. The van der Waals surface area contributed by atoms with Crippen molar-refractivity contribution in [2.75, 3.05) is 10.6 Å².